The quantitative estimate of drug-likeness (QED) is 0.171. The summed E-state index contributed by atoms with van der Waals surface area (Å²) in [5.41, 5.74) is 0. The molecule has 0 amide bonds. The maximum atomic E-state index is 2.32. The van der Waals surface area contributed by atoms with Gasteiger partial charge in [-0.3, -0.25) is 0 Å². The molecule has 8 rings (SSSR count). The number of fused-ring (bicyclic) bond motifs is 5. The predicted octanol–water partition coefficient (Wildman–Crippen LogP) is 9.32. The van der Waals surface area contributed by atoms with Crippen LogP contribution in [0.5, 0.6) is 0 Å². The van der Waals surface area contributed by atoms with Gasteiger partial charge in [0.2, 0.25) is 0 Å². The standard InChI is InChI=1S/C28H14S2/c1-3-7-19-17(5-1)25-26-18-6-2-4-8-20(18)30-22-14-12-16-10-9-15-11-13-21(29-19)27(25)23(15)24(16)28(22)26/h1-14H. The van der Waals surface area contributed by atoms with Crippen molar-refractivity contribution < 1.29 is 0 Å². The monoisotopic (exact) mass is 414 g/mol. The summed E-state index contributed by atoms with van der Waals surface area (Å²) >= 11 is 3.83. The normalized spacial score (nSPS) is 12.7. The van der Waals surface area contributed by atoms with Gasteiger partial charge in [-0.15, -0.1) is 22.7 Å². The molecule has 0 aliphatic heterocycles. The van der Waals surface area contributed by atoms with Crippen LogP contribution >= 0.6 is 22.7 Å². The average Bonchev–Trinajstić information content (AvgIpc) is 2.81. The van der Waals surface area contributed by atoms with E-state index in [1.165, 1.54) is 72.7 Å². The summed E-state index contributed by atoms with van der Waals surface area (Å²) in [6.07, 6.45) is 0. The molecule has 0 spiro atoms. The molecule has 6 aromatic carbocycles. The molecule has 0 atom stereocenters. The third kappa shape index (κ3) is 1.74. The molecule has 8 aromatic rings. The van der Waals surface area contributed by atoms with Gasteiger partial charge in [-0.2, -0.15) is 0 Å². The first-order valence-corrected chi connectivity index (χ1v) is 11.8. The topological polar surface area (TPSA) is 0 Å². The number of hydrogen-bond donors (Lipinski definition) is 0. The van der Waals surface area contributed by atoms with Gasteiger partial charge in [0.05, 0.1) is 0 Å². The lowest BCUT2D eigenvalue weighted by atomic mass is 9.88. The van der Waals surface area contributed by atoms with Crippen LogP contribution in [0.25, 0.3) is 72.7 Å². The van der Waals surface area contributed by atoms with Crippen molar-refractivity contribution in [1.82, 2.24) is 0 Å². The Labute approximate surface area is 179 Å². The van der Waals surface area contributed by atoms with Crippen LogP contribution < -0.4 is 0 Å². The van der Waals surface area contributed by atoms with E-state index in [0.29, 0.717) is 0 Å². The van der Waals surface area contributed by atoms with E-state index in [4.69, 9.17) is 0 Å². The van der Waals surface area contributed by atoms with Crippen molar-refractivity contribution in [2.45, 2.75) is 0 Å². The van der Waals surface area contributed by atoms with Crippen LogP contribution in [0.2, 0.25) is 0 Å². The molecular formula is C28H14S2. The molecule has 30 heavy (non-hydrogen) atoms. The average molecular weight is 415 g/mol. The Hall–Kier alpha value is -3.20. The lowest BCUT2D eigenvalue weighted by Gasteiger charge is -2.20. The molecule has 0 aliphatic carbocycles. The van der Waals surface area contributed by atoms with Crippen molar-refractivity contribution in [2.24, 2.45) is 0 Å². The zero-order valence-corrected chi connectivity index (χ0v) is 17.5. The van der Waals surface area contributed by atoms with E-state index in [1.807, 2.05) is 22.7 Å². The summed E-state index contributed by atoms with van der Waals surface area (Å²) < 4.78 is 5.47. The Bertz CT molecular complexity index is 1810. The van der Waals surface area contributed by atoms with Gasteiger partial charge < -0.3 is 0 Å². The fourth-order valence-corrected chi connectivity index (χ4v) is 7.62. The van der Waals surface area contributed by atoms with Crippen molar-refractivity contribution in [3.8, 4) is 0 Å². The first-order chi connectivity index (χ1) is 14.9. The molecule has 138 valence electrons. The van der Waals surface area contributed by atoms with Crippen LogP contribution in [0, 0.1) is 0 Å². The minimum Gasteiger partial charge on any atom is -0.135 e. The SMILES string of the molecule is c1ccc2c(c1)sc1ccc3ccc4ccc5sc6ccccc6c6c5c4c3c1c26. The van der Waals surface area contributed by atoms with Gasteiger partial charge in [-0.25, -0.2) is 0 Å². The van der Waals surface area contributed by atoms with Crippen molar-refractivity contribution in [3.05, 3.63) is 84.9 Å². The van der Waals surface area contributed by atoms with Gasteiger partial charge in [-0.1, -0.05) is 60.7 Å². The Morgan fingerprint density at radius 2 is 0.767 bits per heavy atom. The fraction of sp³-hybridized carbons (Fsp3) is 0. The minimum absolute atomic E-state index is 1.34. The van der Waals surface area contributed by atoms with E-state index in [9.17, 15) is 0 Å². The summed E-state index contributed by atoms with van der Waals surface area (Å²) in [6, 6.07) is 31.7. The molecule has 0 radical (unpaired) electrons. The maximum absolute atomic E-state index is 2.32. The van der Waals surface area contributed by atoms with Gasteiger partial charge in [0.25, 0.3) is 0 Å². The second-order valence-corrected chi connectivity index (χ2v) is 10.3. The molecule has 2 heteroatoms. The smallest absolute Gasteiger partial charge is 0.0362 e. The van der Waals surface area contributed by atoms with Gasteiger partial charge >= 0.3 is 0 Å². The second-order valence-electron chi connectivity index (χ2n) is 8.09. The summed E-state index contributed by atoms with van der Waals surface area (Å²) in [6.45, 7) is 0. The largest absolute Gasteiger partial charge is 0.135 e. The van der Waals surface area contributed by atoms with Crippen LogP contribution in [0.1, 0.15) is 0 Å². The highest BCUT2D eigenvalue weighted by Gasteiger charge is 2.21. The third-order valence-electron chi connectivity index (χ3n) is 6.59. The molecule has 0 saturated heterocycles. The number of benzene rings is 6. The lowest BCUT2D eigenvalue weighted by Crippen LogP contribution is -1.90. The highest BCUT2D eigenvalue weighted by molar-refractivity contribution is 7.26. The Kier molecular flexibility index (Phi) is 2.75. The Morgan fingerprint density at radius 3 is 1.27 bits per heavy atom. The van der Waals surface area contributed by atoms with Crippen molar-refractivity contribution >= 4 is 95.3 Å². The van der Waals surface area contributed by atoms with E-state index in [2.05, 4.69) is 84.9 Å². The Balaban J connectivity index is 1.93. The van der Waals surface area contributed by atoms with Gasteiger partial charge in [0, 0.05) is 51.1 Å². The summed E-state index contributed by atoms with van der Waals surface area (Å²) in [7, 11) is 0. The number of rotatable bonds is 0. The van der Waals surface area contributed by atoms with Crippen LogP contribution in [-0.2, 0) is 0 Å². The zero-order valence-electron chi connectivity index (χ0n) is 15.9. The molecular weight excluding hydrogens is 400 g/mol. The van der Waals surface area contributed by atoms with E-state index in [0.717, 1.165) is 0 Å². The minimum atomic E-state index is 1.34. The van der Waals surface area contributed by atoms with E-state index < -0.39 is 0 Å². The van der Waals surface area contributed by atoms with Gasteiger partial charge in [0.15, 0.2) is 0 Å². The molecule has 0 nitrogen and oxygen atoms in total. The van der Waals surface area contributed by atoms with Crippen LogP contribution in [0.15, 0.2) is 84.9 Å². The summed E-state index contributed by atoms with van der Waals surface area (Å²) in [5, 5.41) is 14.0. The van der Waals surface area contributed by atoms with E-state index in [-0.39, 0.29) is 0 Å². The Morgan fingerprint density at radius 1 is 0.333 bits per heavy atom. The van der Waals surface area contributed by atoms with Crippen molar-refractivity contribution in [2.75, 3.05) is 0 Å². The van der Waals surface area contributed by atoms with Crippen LogP contribution in [0.3, 0.4) is 0 Å². The molecule has 0 fully saturated rings. The first kappa shape index (κ1) is 15.6. The summed E-state index contributed by atoms with van der Waals surface area (Å²) in [4.78, 5) is 0. The molecule has 0 saturated carbocycles. The van der Waals surface area contributed by atoms with Gasteiger partial charge in [-0.05, 0) is 45.8 Å². The highest BCUT2D eigenvalue weighted by Crippen LogP contribution is 2.51. The maximum Gasteiger partial charge on any atom is 0.0362 e. The molecule has 2 aromatic heterocycles. The lowest BCUT2D eigenvalue weighted by molar-refractivity contribution is 1.84. The van der Waals surface area contributed by atoms with Crippen LogP contribution in [-0.4, -0.2) is 0 Å². The molecule has 0 unspecified atom stereocenters. The summed E-state index contributed by atoms with van der Waals surface area (Å²) in [5.74, 6) is 0. The molecule has 2 heterocycles. The zero-order chi connectivity index (χ0) is 19.4. The van der Waals surface area contributed by atoms with Crippen molar-refractivity contribution in [1.29, 1.82) is 0 Å². The molecule has 0 bridgehead atoms. The predicted molar refractivity (Wildman–Crippen MR) is 136 cm³/mol. The van der Waals surface area contributed by atoms with Crippen molar-refractivity contribution in [3.63, 3.8) is 0 Å². The second kappa shape index (κ2) is 5.28. The molecule has 0 aliphatic rings. The fourth-order valence-electron chi connectivity index (χ4n) is 5.41. The van der Waals surface area contributed by atoms with Crippen LogP contribution in [0.4, 0.5) is 0 Å². The first-order valence-electron chi connectivity index (χ1n) is 10.2. The molecule has 0 N–H and O–H groups in total. The van der Waals surface area contributed by atoms with E-state index in [1.54, 1.807) is 0 Å². The van der Waals surface area contributed by atoms with Gasteiger partial charge in [0.1, 0.15) is 0 Å². The van der Waals surface area contributed by atoms with E-state index >= 15 is 0 Å². The third-order valence-corrected chi connectivity index (χ3v) is 8.87. The highest BCUT2D eigenvalue weighted by atomic mass is 32.1. The number of hydrogen-bond acceptors (Lipinski definition) is 2.